The zero-order chi connectivity index (χ0) is 30.7. The van der Waals surface area contributed by atoms with Crippen LogP contribution in [0.2, 0.25) is 5.04 Å². The minimum Gasteiger partial charge on any atom is -0.444 e. The molecule has 5 rings (SSSR count). The fourth-order valence-electron chi connectivity index (χ4n) is 7.40. The molecule has 5 atom stereocenters. The maximum absolute atomic E-state index is 13.7. The third-order valence-electron chi connectivity index (χ3n) is 8.80. The summed E-state index contributed by atoms with van der Waals surface area (Å²) >= 11 is 0. The zero-order valence-electron chi connectivity index (χ0n) is 25.1. The Bertz CT molecular complexity index is 1250. The van der Waals surface area contributed by atoms with Gasteiger partial charge in [0, 0.05) is 6.54 Å². The van der Waals surface area contributed by atoms with Crippen LogP contribution >= 0.6 is 0 Å². The zero-order valence-corrected chi connectivity index (χ0v) is 26.1. The Labute approximate surface area is 247 Å². The number of rotatable bonds is 5. The van der Waals surface area contributed by atoms with E-state index in [0.29, 0.717) is 12.8 Å². The Kier molecular flexibility index (Phi) is 7.79. The van der Waals surface area contributed by atoms with Crippen LogP contribution in [0.5, 0.6) is 0 Å². The smallest absolute Gasteiger partial charge is 0.410 e. The number of alkyl halides is 3. The molecule has 0 aliphatic carbocycles. The second-order valence-corrected chi connectivity index (χ2v) is 18.2. The van der Waals surface area contributed by atoms with Gasteiger partial charge in [0.05, 0.1) is 24.2 Å². The summed E-state index contributed by atoms with van der Waals surface area (Å²) in [5.74, 6) is -0.996. The molecular formula is C32H41F3N2O4Si. The van der Waals surface area contributed by atoms with Gasteiger partial charge in [0.1, 0.15) is 12.0 Å². The Morgan fingerprint density at radius 3 is 1.86 bits per heavy atom. The molecule has 6 nitrogen and oxygen atoms in total. The maximum Gasteiger partial charge on any atom is 0.410 e. The van der Waals surface area contributed by atoms with E-state index in [-0.39, 0.29) is 12.5 Å². The largest absolute Gasteiger partial charge is 0.444 e. The summed E-state index contributed by atoms with van der Waals surface area (Å²) in [5, 5.41) is 1.65. The lowest BCUT2D eigenvalue weighted by Gasteiger charge is -2.47. The van der Waals surface area contributed by atoms with Gasteiger partial charge in [0.25, 0.3) is 8.32 Å². The molecule has 0 spiro atoms. The Morgan fingerprint density at radius 2 is 1.38 bits per heavy atom. The second-order valence-electron chi connectivity index (χ2n) is 13.9. The Balaban J connectivity index is 1.66. The van der Waals surface area contributed by atoms with Crippen molar-refractivity contribution in [1.82, 2.24) is 9.80 Å². The predicted octanol–water partition coefficient (Wildman–Crippen LogP) is 5.49. The standard InChI is InChI=1S/C32H41F3N2O4Si/c1-30(2,3)40-29(39)37-24-17-21-18-25(37)28(27(24)36(20-21)26(38)19-32(33,34)35)41-42(31(4,5)6,22-13-9-7-10-14-22)23-15-11-8-12-16-23/h7-16,21,24-25,27-28H,17-20H2,1-6H3/t21-,24+,25+,27-,28-/m0/s1. The molecule has 228 valence electrons. The molecule has 2 aromatic carbocycles. The molecule has 0 saturated carbocycles. The van der Waals surface area contributed by atoms with Crippen molar-refractivity contribution in [1.29, 1.82) is 0 Å². The van der Waals surface area contributed by atoms with Gasteiger partial charge in [-0.25, -0.2) is 4.79 Å². The van der Waals surface area contributed by atoms with Gasteiger partial charge in [-0.3, -0.25) is 9.69 Å². The van der Waals surface area contributed by atoms with Gasteiger partial charge in [0.15, 0.2) is 0 Å². The number of hydrogen-bond acceptors (Lipinski definition) is 4. The lowest BCUT2D eigenvalue weighted by atomic mass is 9.86. The summed E-state index contributed by atoms with van der Waals surface area (Å²) in [4.78, 5) is 30.0. The number of likely N-dealkylation sites (tertiary alicyclic amines) is 1. The normalized spacial score (nSPS) is 26.0. The van der Waals surface area contributed by atoms with E-state index in [4.69, 9.17) is 9.16 Å². The number of carbonyl (C=O) groups excluding carboxylic acids is 2. The predicted molar refractivity (Wildman–Crippen MR) is 157 cm³/mol. The van der Waals surface area contributed by atoms with Gasteiger partial charge in [-0.05, 0) is 54.9 Å². The van der Waals surface area contributed by atoms with E-state index in [9.17, 15) is 22.8 Å². The number of halogens is 3. The topological polar surface area (TPSA) is 59.1 Å². The highest BCUT2D eigenvalue weighted by atomic mass is 28.4. The minimum atomic E-state index is -4.63. The molecule has 3 aliphatic rings. The van der Waals surface area contributed by atoms with E-state index in [1.165, 1.54) is 4.90 Å². The Morgan fingerprint density at radius 1 is 0.857 bits per heavy atom. The number of hydrogen-bond donors (Lipinski definition) is 0. The summed E-state index contributed by atoms with van der Waals surface area (Å²) in [7, 11) is -3.18. The first-order valence-electron chi connectivity index (χ1n) is 14.7. The average Bonchev–Trinajstić information content (AvgIpc) is 2.98. The SMILES string of the molecule is CC(C)(C)OC(=O)N1[C@@H]2C[C@@H]3C[C@@H]1[C@@H]([C@H]2O[Si](c1ccccc1)(c1ccccc1)C(C)(C)C)N(C(=O)CC(F)(F)F)C3. The number of fused-ring (bicyclic) bond motifs is 2. The van der Waals surface area contributed by atoms with Crippen LogP contribution in [0.4, 0.5) is 18.0 Å². The fraction of sp³-hybridized carbons (Fsp3) is 0.562. The van der Waals surface area contributed by atoms with Crippen LogP contribution in [0.25, 0.3) is 0 Å². The van der Waals surface area contributed by atoms with Crippen molar-refractivity contribution in [2.24, 2.45) is 5.92 Å². The summed E-state index contributed by atoms with van der Waals surface area (Å²) in [6.45, 7) is 12.0. The molecule has 2 amide bonds. The van der Waals surface area contributed by atoms with E-state index in [2.05, 4.69) is 45.0 Å². The molecule has 3 fully saturated rings. The number of piperidine rings is 2. The Hall–Kier alpha value is -2.85. The number of benzene rings is 2. The van der Waals surface area contributed by atoms with Crippen LogP contribution in [0.3, 0.4) is 0 Å². The number of amides is 2. The first-order chi connectivity index (χ1) is 19.5. The van der Waals surface area contributed by atoms with Crippen LogP contribution in [-0.2, 0) is 14.0 Å². The van der Waals surface area contributed by atoms with Gasteiger partial charge in [-0.1, -0.05) is 81.4 Å². The average molecular weight is 603 g/mol. The van der Waals surface area contributed by atoms with Gasteiger partial charge >= 0.3 is 12.3 Å². The maximum atomic E-state index is 13.7. The molecule has 10 heteroatoms. The van der Waals surface area contributed by atoms with Gasteiger partial charge < -0.3 is 14.1 Å². The van der Waals surface area contributed by atoms with E-state index in [1.807, 2.05) is 36.4 Å². The molecule has 42 heavy (non-hydrogen) atoms. The van der Waals surface area contributed by atoms with Crippen molar-refractivity contribution in [3.05, 3.63) is 60.7 Å². The molecule has 3 bridgehead atoms. The quantitative estimate of drug-likeness (QED) is 0.425. The van der Waals surface area contributed by atoms with Crippen LogP contribution in [0, 0.1) is 5.92 Å². The summed E-state index contributed by atoms with van der Waals surface area (Å²) in [6, 6.07) is 18.4. The molecule has 2 aromatic rings. The van der Waals surface area contributed by atoms with E-state index >= 15 is 0 Å². The molecule has 3 aliphatic heterocycles. The number of carbonyl (C=O) groups is 2. The highest BCUT2D eigenvalue weighted by Gasteiger charge is 2.65. The van der Waals surface area contributed by atoms with Crippen molar-refractivity contribution in [3.8, 4) is 0 Å². The molecule has 0 radical (unpaired) electrons. The monoisotopic (exact) mass is 602 g/mol. The third-order valence-corrected chi connectivity index (χ3v) is 13.8. The molecule has 0 N–H and O–H groups in total. The molecule has 0 aromatic heterocycles. The van der Waals surface area contributed by atoms with Gasteiger partial charge in [-0.2, -0.15) is 13.2 Å². The first kappa shape index (κ1) is 30.6. The molecular weight excluding hydrogens is 561 g/mol. The van der Waals surface area contributed by atoms with Crippen molar-refractivity contribution in [2.45, 2.75) is 102 Å². The summed E-state index contributed by atoms with van der Waals surface area (Å²) < 4.78 is 53.9. The number of nitrogens with zero attached hydrogens (tertiary/aromatic N) is 2. The lowest BCUT2D eigenvalue weighted by Crippen LogP contribution is -2.69. The van der Waals surface area contributed by atoms with Crippen LogP contribution in [-0.4, -0.2) is 72.7 Å². The van der Waals surface area contributed by atoms with Crippen molar-refractivity contribution >= 4 is 30.7 Å². The highest BCUT2D eigenvalue weighted by molar-refractivity contribution is 6.99. The van der Waals surface area contributed by atoms with Crippen LogP contribution < -0.4 is 10.4 Å². The van der Waals surface area contributed by atoms with E-state index in [0.717, 1.165) is 10.4 Å². The lowest BCUT2D eigenvalue weighted by molar-refractivity contribution is -0.166. The molecule has 3 heterocycles. The third kappa shape index (κ3) is 5.59. The van der Waals surface area contributed by atoms with E-state index < -0.39 is 67.8 Å². The first-order valence-corrected chi connectivity index (χ1v) is 16.6. The summed E-state index contributed by atoms with van der Waals surface area (Å²) in [6.07, 6.45) is -6.24. The van der Waals surface area contributed by atoms with Crippen LogP contribution in [0.1, 0.15) is 60.8 Å². The van der Waals surface area contributed by atoms with Crippen molar-refractivity contribution in [3.63, 3.8) is 0 Å². The van der Waals surface area contributed by atoms with Crippen LogP contribution in [0.15, 0.2) is 60.7 Å². The summed E-state index contributed by atoms with van der Waals surface area (Å²) in [5.41, 5.74) is -0.757. The van der Waals surface area contributed by atoms with Crippen molar-refractivity contribution in [2.75, 3.05) is 6.54 Å². The fourth-order valence-corrected chi connectivity index (χ4v) is 12.1. The highest BCUT2D eigenvalue weighted by Crippen LogP contribution is 2.50. The molecule has 0 unspecified atom stereocenters. The van der Waals surface area contributed by atoms with Crippen molar-refractivity contribution < 1.29 is 31.9 Å². The molecule has 3 saturated heterocycles. The second kappa shape index (κ2) is 10.7. The van der Waals surface area contributed by atoms with Gasteiger partial charge in [0.2, 0.25) is 5.91 Å². The van der Waals surface area contributed by atoms with E-state index in [1.54, 1.807) is 25.7 Å². The minimum absolute atomic E-state index is 0.0279. The van der Waals surface area contributed by atoms with Gasteiger partial charge in [-0.15, -0.1) is 0 Å². The number of ether oxygens (including phenoxy) is 1.